The summed E-state index contributed by atoms with van der Waals surface area (Å²) in [6, 6.07) is 7.89. The molecule has 25 heavy (non-hydrogen) atoms. The number of nitrogens with one attached hydrogen (secondary N) is 1. The molecule has 6 heteroatoms. The zero-order chi connectivity index (χ0) is 17.2. The van der Waals surface area contributed by atoms with Crippen molar-refractivity contribution in [2.75, 3.05) is 23.7 Å². The van der Waals surface area contributed by atoms with Crippen LogP contribution < -0.4 is 10.6 Å². The summed E-state index contributed by atoms with van der Waals surface area (Å²) in [6.45, 7) is 4.02. The number of hydrogen-bond donors (Lipinski definition) is 2. The van der Waals surface area contributed by atoms with E-state index in [2.05, 4.69) is 37.8 Å². The Balaban J connectivity index is 1.57. The number of aromatic amines is 1. The molecule has 1 aromatic carbocycles. The van der Waals surface area contributed by atoms with Crippen molar-refractivity contribution in [2.24, 2.45) is 0 Å². The molecule has 6 nitrogen and oxygen atoms in total. The Morgan fingerprint density at radius 1 is 1.20 bits per heavy atom. The van der Waals surface area contributed by atoms with Gasteiger partial charge in [-0.15, -0.1) is 0 Å². The number of aromatic nitrogens is 4. The average molecular weight is 334 g/mol. The predicted molar refractivity (Wildman–Crippen MR) is 99.4 cm³/mol. The van der Waals surface area contributed by atoms with Gasteiger partial charge in [-0.2, -0.15) is 0 Å². The molecule has 0 bridgehead atoms. The summed E-state index contributed by atoms with van der Waals surface area (Å²) in [5.41, 5.74) is 11.2. The number of hydrogen-bond acceptors (Lipinski definition) is 5. The number of rotatable bonds is 3. The van der Waals surface area contributed by atoms with Crippen molar-refractivity contribution in [3.63, 3.8) is 0 Å². The molecule has 0 amide bonds. The van der Waals surface area contributed by atoms with Crippen molar-refractivity contribution in [3.05, 3.63) is 54.5 Å². The van der Waals surface area contributed by atoms with Crippen molar-refractivity contribution in [1.29, 1.82) is 0 Å². The Bertz CT molecular complexity index is 864. The molecule has 2 aromatic heterocycles. The van der Waals surface area contributed by atoms with Crippen LogP contribution in [0.2, 0.25) is 0 Å². The highest BCUT2D eigenvalue weighted by atomic mass is 15.2. The largest absolute Gasteiger partial charge is 0.399 e. The number of nitrogens with zero attached hydrogens (tertiary/aromatic N) is 4. The van der Waals surface area contributed by atoms with Crippen molar-refractivity contribution in [1.82, 2.24) is 19.9 Å². The van der Waals surface area contributed by atoms with E-state index in [0.717, 1.165) is 48.6 Å². The number of benzene rings is 1. The van der Waals surface area contributed by atoms with Crippen LogP contribution in [0.15, 0.2) is 43.1 Å². The zero-order valence-corrected chi connectivity index (χ0v) is 14.3. The number of nitrogens with two attached hydrogens (primary N) is 1. The Morgan fingerprint density at radius 3 is 2.76 bits per heavy atom. The standard InChI is InChI=1S/C19H22N6/c1-13-18(23-12-22-13)14-5-7-25(8-6-14)19-17(10-21-11-24-19)15-3-2-4-16(20)9-15/h2-4,9-12,14H,5-8,20H2,1H3,(H,22,23). The van der Waals surface area contributed by atoms with Crippen LogP contribution in [0.25, 0.3) is 11.1 Å². The summed E-state index contributed by atoms with van der Waals surface area (Å²) in [6.07, 6.45) is 7.44. The third-order valence-electron chi connectivity index (χ3n) is 4.94. The maximum atomic E-state index is 5.95. The van der Waals surface area contributed by atoms with Gasteiger partial charge in [0.25, 0.3) is 0 Å². The van der Waals surface area contributed by atoms with E-state index in [1.165, 1.54) is 11.4 Å². The highest BCUT2D eigenvalue weighted by Gasteiger charge is 2.25. The summed E-state index contributed by atoms with van der Waals surface area (Å²) in [7, 11) is 0. The summed E-state index contributed by atoms with van der Waals surface area (Å²) in [5.74, 6) is 1.50. The first kappa shape index (κ1) is 15.6. The molecule has 128 valence electrons. The maximum Gasteiger partial charge on any atom is 0.139 e. The predicted octanol–water partition coefficient (Wildman–Crippen LogP) is 3.14. The van der Waals surface area contributed by atoms with Crippen LogP contribution in [-0.2, 0) is 0 Å². The highest BCUT2D eigenvalue weighted by molar-refractivity contribution is 5.77. The Kier molecular flexibility index (Phi) is 4.09. The number of H-pyrrole nitrogens is 1. The molecule has 0 spiro atoms. The third-order valence-corrected chi connectivity index (χ3v) is 4.94. The second-order valence-corrected chi connectivity index (χ2v) is 6.56. The first-order valence-electron chi connectivity index (χ1n) is 8.63. The van der Waals surface area contributed by atoms with Gasteiger partial charge in [-0.05, 0) is 37.5 Å². The summed E-state index contributed by atoms with van der Waals surface area (Å²) in [4.78, 5) is 18.8. The normalized spacial score (nSPS) is 15.5. The van der Waals surface area contributed by atoms with Gasteiger partial charge in [0.2, 0.25) is 0 Å². The molecule has 0 aliphatic carbocycles. The van der Waals surface area contributed by atoms with Gasteiger partial charge >= 0.3 is 0 Å². The van der Waals surface area contributed by atoms with E-state index in [9.17, 15) is 0 Å². The van der Waals surface area contributed by atoms with Crippen LogP contribution in [0, 0.1) is 6.92 Å². The molecule has 0 saturated carbocycles. The second-order valence-electron chi connectivity index (χ2n) is 6.56. The van der Waals surface area contributed by atoms with Gasteiger partial charge in [-0.25, -0.2) is 15.0 Å². The van der Waals surface area contributed by atoms with Crippen molar-refractivity contribution >= 4 is 11.5 Å². The van der Waals surface area contributed by atoms with E-state index in [1.807, 2.05) is 24.4 Å². The summed E-state index contributed by atoms with van der Waals surface area (Å²) in [5, 5.41) is 0. The summed E-state index contributed by atoms with van der Waals surface area (Å²) >= 11 is 0. The molecule has 0 atom stereocenters. The average Bonchev–Trinajstić information content (AvgIpc) is 3.08. The van der Waals surface area contributed by atoms with Crippen LogP contribution >= 0.6 is 0 Å². The fraction of sp³-hybridized carbons (Fsp3) is 0.316. The lowest BCUT2D eigenvalue weighted by molar-refractivity contribution is 0.493. The quantitative estimate of drug-likeness (QED) is 0.719. The lowest BCUT2D eigenvalue weighted by Gasteiger charge is -2.33. The number of aryl methyl sites for hydroxylation is 1. The maximum absolute atomic E-state index is 5.95. The van der Waals surface area contributed by atoms with Crippen LogP contribution in [0.1, 0.15) is 30.1 Å². The van der Waals surface area contributed by atoms with E-state index < -0.39 is 0 Å². The van der Waals surface area contributed by atoms with Crippen LogP contribution in [0.5, 0.6) is 0 Å². The Labute approximate surface area is 147 Å². The SMILES string of the molecule is Cc1[nH]cnc1C1CCN(c2ncncc2-c2cccc(N)c2)CC1. The van der Waals surface area contributed by atoms with Crippen molar-refractivity contribution in [2.45, 2.75) is 25.7 Å². The number of anilines is 2. The number of piperidine rings is 1. The smallest absolute Gasteiger partial charge is 0.139 e. The summed E-state index contributed by atoms with van der Waals surface area (Å²) < 4.78 is 0. The molecule has 0 radical (unpaired) electrons. The van der Waals surface area contributed by atoms with Gasteiger partial charge in [0.05, 0.1) is 12.0 Å². The molecule has 1 aliphatic rings. The Hall–Kier alpha value is -2.89. The van der Waals surface area contributed by atoms with Crippen LogP contribution in [0.3, 0.4) is 0 Å². The fourth-order valence-corrected chi connectivity index (χ4v) is 3.63. The van der Waals surface area contributed by atoms with E-state index in [1.54, 1.807) is 12.7 Å². The van der Waals surface area contributed by atoms with Gasteiger partial charge in [-0.3, -0.25) is 0 Å². The molecular formula is C19H22N6. The molecule has 3 N–H and O–H groups in total. The molecular weight excluding hydrogens is 312 g/mol. The van der Waals surface area contributed by atoms with E-state index in [4.69, 9.17) is 5.73 Å². The second kappa shape index (κ2) is 6.55. The van der Waals surface area contributed by atoms with Gasteiger partial charge in [0.15, 0.2) is 0 Å². The minimum Gasteiger partial charge on any atom is -0.399 e. The molecule has 1 aliphatic heterocycles. The lowest BCUT2D eigenvalue weighted by atomic mass is 9.92. The van der Waals surface area contributed by atoms with Crippen molar-refractivity contribution < 1.29 is 0 Å². The number of nitrogen functional groups attached to an aromatic ring is 1. The minimum absolute atomic E-state index is 0.514. The van der Waals surface area contributed by atoms with Crippen LogP contribution in [0.4, 0.5) is 11.5 Å². The molecule has 4 rings (SSSR count). The van der Waals surface area contributed by atoms with E-state index in [-0.39, 0.29) is 0 Å². The van der Waals surface area contributed by atoms with Crippen LogP contribution in [-0.4, -0.2) is 33.0 Å². The third kappa shape index (κ3) is 3.07. The molecule has 3 aromatic rings. The molecule has 1 fully saturated rings. The molecule has 1 saturated heterocycles. The zero-order valence-electron chi connectivity index (χ0n) is 14.3. The van der Waals surface area contributed by atoms with E-state index in [0.29, 0.717) is 5.92 Å². The molecule has 0 unspecified atom stereocenters. The number of imidazole rings is 1. The topological polar surface area (TPSA) is 83.7 Å². The Morgan fingerprint density at radius 2 is 2.04 bits per heavy atom. The monoisotopic (exact) mass is 334 g/mol. The van der Waals surface area contributed by atoms with Gasteiger partial charge in [0, 0.05) is 42.1 Å². The fourth-order valence-electron chi connectivity index (χ4n) is 3.63. The first-order valence-corrected chi connectivity index (χ1v) is 8.63. The van der Waals surface area contributed by atoms with Gasteiger partial charge in [0.1, 0.15) is 12.1 Å². The first-order chi connectivity index (χ1) is 12.2. The van der Waals surface area contributed by atoms with E-state index >= 15 is 0 Å². The lowest BCUT2D eigenvalue weighted by Crippen LogP contribution is -2.34. The van der Waals surface area contributed by atoms with Gasteiger partial charge in [-0.1, -0.05) is 12.1 Å². The minimum atomic E-state index is 0.514. The van der Waals surface area contributed by atoms with Crippen molar-refractivity contribution in [3.8, 4) is 11.1 Å². The highest BCUT2D eigenvalue weighted by Crippen LogP contribution is 2.34. The van der Waals surface area contributed by atoms with Gasteiger partial charge < -0.3 is 15.6 Å². The molecule has 3 heterocycles.